The van der Waals surface area contributed by atoms with Crippen LogP contribution in [0, 0.1) is 0 Å². The number of aromatic hydroxyl groups is 1. The fourth-order valence-corrected chi connectivity index (χ4v) is 3.61. The minimum Gasteiger partial charge on any atom is -0.508 e. The van der Waals surface area contributed by atoms with Crippen molar-refractivity contribution in [2.24, 2.45) is 0 Å². The Morgan fingerprint density at radius 3 is 2.14 bits per heavy atom. The van der Waals surface area contributed by atoms with Crippen molar-refractivity contribution in [2.45, 2.75) is 6.04 Å². The first-order valence-corrected chi connectivity index (χ1v) is 9.51. The molecule has 0 radical (unpaired) electrons. The molecular formula is C24H20N2OS. The third kappa shape index (κ3) is 3.82. The van der Waals surface area contributed by atoms with Crippen molar-refractivity contribution >= 4 is 33.8 Å². The Morgan fingerprint density at radius 1 is 0.750 bits per heavy atom. The predicted octanol–water partition coefficient (Wildman–Crippen LogP) is 5.62. The van der Waals surface area contributed by atoms with Crippen LogP contribution in [0.2, 0.25) is 0 Å². The number of hydrogen-bond donors (Lipinski definition) is 3. The molecule has 0 aromatic heterocycles. The van der Waals surface area contributed by atoms with Crippen molar-refractivity contribution in [2.75, 3.05) is 5.32 Å². The van der Waals surface area contributed by atoms with E-state index in [0.717, 1.165) is 27.6 Å². The molecule has 28 heavy (non-hydrogen) atoms. The van der Waals surface area contributed by atoms with E-state index in [0.29, 0.717) is 5.11 Å². The van der Waals surface area contributed by atoms with E-state index in [9.17, 15) is 5.11 Å². The summed E-state index contributed by atoms with van der Waals surface area (Å²) in [7, 11) is 0. The van der Waals surface area contributed by atoms with Gasteiger partial charge in [0.25, 0.3) is 0 Å². The van der Waals surface area contributed by atoms with Gasteiger partial charge in [-0.15, -0.1) is 0 Å². The molecule has 0 spiro atoms. The van der Waals surface area contributed by atoms with Gasteiger partial charge in [-0.3, -0.25) is 0 Å². The first-order valence-electron chi connectivity index (χ1n) is 9.10. The summed E-state index contributed by atoms with van der Waals surface area (Å²) in [5.41, 5.74) is 2.74. The Bertz CT molecular complexity index is 1100. The van der Waals surface area contributed by atoms with Gasteiger partial charge >= 0.3 is 0 Å². The number of para-hydroxylation sites is 1. The molecule has 0 saturated carbocycles. The number of rotatable bonds is 4. The standard InChI is InChI=1S/C24H20N2OS/c27-21-16-15-17-9-7-8-14-20(17)22(21)23(18-10-3-1-4-11-18)26-24(28)25-19-12-5-2-6-13-19/h1-16,23,27H,(H2,25,26,28)/t23-/m1/s1. The second-order valence-electron chi connectivity index (χ2n) is 6.53. The van der Waals surface area contributed by atoms with Gasteiger partial charge in [-0.2, -0.15) is 0 Å². The quantitative estimate of drug-likeness (QED) is 0.400. The second-order valence-corrected chi connectivity index (χ2v) is 6.94. The number of hydrogen-bond acceptors (Lipinski definition) is 2. The van der Waals surface area contributed by atoms with E-state index < -0.39 is 0 Å². The van der Waals surface area contributed by atoms with E-state index in [2.05, 4.69) is 10.6 Å². The number of benzene rings is 4. The van der Waals surface area contributed by atoms with Crippen molar-refractivity contribution in [1.29, 1.82) is 0 Å². The maximum Gasteiger partial charge on any atom is 0.171 e. The summed E-state index contributed by atoms with van der Waals surface area (Å²) in [5, 5.41) is 19.9. The second kappa shape index (κ2) is 8.11. The number of phenols is 1. The van der Waals surface area contributed by atoms with Crippen LogP contribution in [0.1, 0.15) is 17.2 Å². The molecular weight excluding hydrogens is 364 g/mol. The highest BCUT2D eigenvalue weighted by Crippen LogP contribution is 2.35. The summed E-state index contributed by atoms with van der Waals surface area (Å²) in [6, 6.07) is 31.2. The molecule has 4 aromatic rings. The lowest BCUT2D eigenvalue weighted by Gasteiger charge is -2.24. The first kappa shape index (κ1) is 18.0. The van der Waals surface area contributed by atoms with Gasteiger partial charge in [0.05, 0.1) is 6.04 Å². The van der Waals surface area contributed by atoms with E-state index in [1.54, 1.807) is 6.07 Å². The molecule has 4 rings (SSSR count). The number of phenolic OH excluding ortho intramolecular Hbond substituents is 1. The van der Waals surface area contributed by atoms with Crippen molar-refractivity contribution in [3.8, 4) is 5.75 Å². The Kier molecular flexibility index (Phi) is 5.22. The van der Waals surface area contributed by atoms with Crippen LogP contribution < -0.4 is 10.6 Å². The molecule has 0 unspecified atom stereocenters. The van der Waals surface area contributed by atoms with Crippen LogP contribution in [-0.4, -0.2) is 10.2 Å². The highest BCUT2D eigenvalue weighted by atomic mass is 32.1. The van der Waals surface area contributed by atoms with E-state index in [4.69, 9.17) is 12.2 Å². The summed E-state index contributed by atoms with van der Waals surface area (Å²) >= 11 is 5.57. The van der Waals surface area contributed by atoms with Crippen LogP contribution in [-0.2, 0) is 0 Å². The van der Waals surface area contributed by atoms with Crippen LogP contribution in [0.3, 0.4) is 0 Å². The van der Waals surface area contributed by atoms with E-state index in [-0.39, 0.29) is 11.8 Å². The molecule has 0 bridgehead atoms. The maximum atomic E-state index is 10.7. The van der Waals surface area contributed by atoms with Crippen molar-refractivity contribution in [3.63, 3.8) is 0 Å². The lowest BCUT2D eigenvalue weighted by atomic mass is 9.93. The third-order valence-corrected chi connectivity index (χ3v) is 4.90. The predicted molar refractivity (Wildman–Crippen MR) is 120 cm³/mol. The van der Waals surface area contributed by atoms with Crippen molar-refractivity contribution in [1.82, 2.24) is 5.32 Å². The van der Waals surface area contributed by atoms with Gasteiger partial charge in [0.2, 0.25) is 0 Å². The zero-order chi connectivity index (χ0) is 19.3. The van der Waals surface area contributed by atoms with Gasteiger partial charge in [0.1, 0.15) is 5.75 Å². The zero-order valence-corrected chi connectivity index (χ0v) is 16.0. The molecule has 4 heteroatoms. The van der Waals surface area contributed by atoms with E-state index in [1.807, 2.05) is 91.0 Å². The number of nitrogens with one attached hydrogen (secondary N) is 2. The van der Waals surface area contributed by atoms with E-state index in [1.165, 1.54) is 0 Å². The molecule has 138 valence electrons. The fraction of sp³-hybridized carbons (Fsp3) is 0.0417. The molecule has 0 fully saturated rings. The topological polar surface area (TPSA) is 44.3 Å². The van der Waals surface area contributed by atoms with Gasteiger partial charge in [-0.25, -0.2) is 0 Å². The Balaban J connectivity index is 1.75. The highest BCUT2D eigenvalue weighted by Gasteiger charge is 2.21. The Labute approximate surface area is 169 Å². The van der Waals surface area contributed by atoms with Crippen LogP contribution in [0.25, 0.3) is 10.8 Å². The molecule has 0 aliphatic rings. The van der Waals surface area contributed by atoms with Gasteiger partial charge in [0.15, 0.2) is 5.11 Å². The number of thiocarbonyl (C=S) groups is 1. The summed E-state index contributed by atoms with van der Waals surface area (Å²) in [5.74, 6) is 0.238. The molecule has 0 aliphatic carbocycles. The van der Waals surface area contributed by atoms with Crippen LogP contribution in [0.15, 0.2) is 97.1 Å². The van der Waals surface area contributed by atoms with Gasteiger partial charge in [0, 0.05) is 11.3 Å². The molecule has 3 nitrogen and oxygen atoms in total. The van der Waals surface area contributed by atoms with Crippen LogP contribution >= 0.6 is 12.2 Å². The highest BCUT2D eigenvalue weighted by molar-refractivity contribution is 7.80. The van der Waals surface area contributed by atoms with Gasteiger partial charge in [-0.1, -0.05) is 78.9 Å². The van der Waals surface area contributed by atoms with Gasteiger partial charge in [-0.05, 0) is 46.8 Å². The average molecular weight is 385 g/mol. The lowest BCUT2D eigenvalue weighted by Crippen LogP contribution is -2.33. The number of fused-ring (bicyclic) bond motifs is 1. The Hall–Kier alpha value is -3.37. The number of anilines is 1. The normalized spacial score (nSPS) is 11.7. The molecule has 4 aromatic carbocycles. The smallest absolute Gasteiger partial charge is 0.171 e. The summed E-state index contributed by atoms with van der Waals surface area (Å²) in [6.45, 7) is 0. The zero-order valence-electron chi connectivity index (χ0n) is 15.2. The third-order valence-electron chi connectivity index (χ3n) is 4.68. The SMILES string of the molecule is Oc1ccc2ccccc2c1[C@H](NC(=S)Nc1ccccc1)c1ccccc1. The largest absolute Gasteiger partial charge is 0.508 e. The molecule has 3 N–H and O–H groups in total. The molecule has 0 aliphatic heterocycles. The van der Waals surface area contributed by atoms with Crippen LogP contribution in [0.5, 0.6) is 5.75 Å². The van der Waals surface area contributed by atoms with Crippen molar-refractivity contribution in [3.05, 3.63) is 108 Å². The fourth-order valence-electron chi connectivity index (χ4n) is 3.37. The molecule has 0 saturated heterocycles. The molecule has 0 amide bonds. The van der Waals surface area contributed by atoms with Crippen LogP contribution in [0.4, 0.5) is 5.69 Å². The Morgan fingerprint density at radius 2 is 1.39 bits per heavy atom. The maximum absolute atomic E-state index is 10.7. The minimum absolute atomic E-state index is 0.238. The summed E-state index contributed by atoms with van der Waals surface area (Å²) < 4.78 is 0. The average Bonchev–Trinajstić information content (AvgIpc) is 2.74. The van der Waals surface area contributed by atoms with E-state index >= 15 is 0 Å². The summed E-state index contributed by atoms with van der Waals surface area (Å²) in [6.07, 6.45) is 0. The summed E-state index contributed by atoms with van der Waals surface area (Å²) in [4.78, 5) is 0. The van der Waals surface area contributed by atoms with Crippen molar-refractivity contribution < 1.29 is 5.11 Å². The monoisotopic (exact) mass is 384 g/mol. The molecule has 0 heterocycles. The van der Waals surface area contributed by atoms with Gasteiger partial charge < -0.3 is 15.7 Å². The first-order chi connectivity index (χ1) is 13.7. The molecule has 1 atom stereocenters. The minimum atomic E-state index is -0.295. The lowest BCUT2D eigenvalue weighted by molar-refractivity contribution is 0.464.